The second-order valence-electron chi connectivity index (χ2n) is 8.34. The fourth-order valence-electron chi connectivity index (χ4n) is 4.61. The SMILES string of the molecule is Cc1cccc(-c2ccc(N(C3CCCc4c(OCC(=O)O)cccc43)S(=O)O)cc2C)c1. The molecule has 4 rings (SSSR count). The summed E-state index contributed by atoms with van der Waals surface area (Å²) in [6, 6.07) is 19.3. The Labute approximate surface area is 196 Å². The number of carboxylic acid groups (broad SMARTS) is 1. The summed E-state index contributed by atoms with van der Waals surface area (Å²) in [6.45, 7) is 3.64. The van der Waals surface area contributed by atoms with E-state index in [2.05, 4.69) is 25.1 Å². The van der Waals surface area contributed by atoms with Crippen LogP contribution in [0, 0.1) is 13.8 Å². The average Bonchev–Trinajstić information content (AvgIpc) is 2.78. The van der Waals surface area contributed by atoms with Gasteiger partial charge in [-0.1, -0.05) is 48.0 Å². The van der Waals surface area contributed by atoms with Gasteiger partial charge in [0, 0.05) is 0 Å². The lowest BCUT2D eigenvalue weighted by Crippen LogP contribution is -2.33. The van der Waals surface area contributed by atoms with Crippen LogP contribution in [0.4, 0.5) is 5.69 Å². The van der Waals surface area contributed by atoms with E-state index in [1.54, 1.807) is 12.1 Å². The summed E-state index contributed by atoms with van der Waals surface area (Å²) >= 11 is -2.24. The van der Waals surface area contributed by atoms with E-state index in [9.17, 15) is 13.6 Å². The molecule has 0 radical (unpaired) electrons. The van der Waals surface area contributed by atoms with Gasteiger partial charge >= 0.3 is 5.97 Å². The van der Waals surface area contributed by atoms with Gasteiger partial charge in [0.15, 0.2) is 6.61 Å². The predicted molar refractivity (Wildman–Crippen MR) is 130 cm³/mol. The molecule has 3 aromatic rings. The number of carbonyl (C=O) groups is 1. The molecule has 2 N–H and O–H groups in total. The Morgan fingerprint density at radius 3 is 2.61 bits per heavy atom. The van der Waals surface area contributed by atoms with Crippen molar-refractivity contribution in [2.24, 2.45) is 0 Å². The van der Waals surface area contributed by atoms with Gasteiger partial charge < -0.3 is 9.84 Å². The standard InChI is InChI=1S/C26H27NO5S/c1-17-6-3-7-19(14-17)21-13-12-20(15-18(21)2)27(33(30)31)24-10-4-9-23-22(24)8-5-11-25(23)32-16-26(28)29/h3,5-8,11-15,24H,4,9-10,16H2,1-2H3,(H,28,29)(H,30,31). The van der Waals surface area contributed by atoms with Crippen molar-refractivity contribution >= 4 is 22.9 Å². The van der Waals surface area contributed by atoms with Gasteiger partial charge in [-0.25, -0.2) is 9.00 Å². The zero-order valence-electron chi connectivity index (χ0n) is 18.7. The minimum absolute atomic E-state index is 0.322. The summed E-state index contributed by atoms with van der Waals surface area (Å²) < 4.78 is 29.9. The van der Waals surface area contributed by atoms with Crippen molar-refractivity contribution in [3.63, 3.8) is 0 Å². The van der Waals surface area contributed by atoms with Crippen molar-refractivity contribution in [3.8, 4) is 16.9 Å². The quantitative estimate of drug-likeness (QED) is 0.453. The molecule has 6 nitrogen and oxygen atoms in total. The second kappa shape index (κ2) is 9.77. The highest BCUT2D eigenvalue weighted by molar-refractivity contribution is 7.80. The lowest BCUT2D eigenvalue weighted by Gasteiger charge is -2.35. The summed E-state index contributed by atoms with van der Waals surface area (Å²) in [5.74, 6) is -0.517. The van der Waals surface area contributed by atoms with Crippen molar-refractivity contribution in [2.75, 3.05) is 10.9 Å². The molecule has 2 atom stereocenters. The Hall–Kier alpha value is -3.16. The largest absolute Gasteiger partial charge is 0.482 e. The third-order valence-electron chi connectivity index (χ3n) is 6.03. The summed E-state index contributed by atoms with van der Waals surface area (Å²) in [7, 11) is 0. The fourth-order valence-corrected chi connectivity index (χ4v) is 5.34. The van der Waals surface area contributed by atoms with Crippen LogP contribution in [0.25, 0.3) is 11.1 Å². The first-order valence-corrected chi connectivity index (χ1v) is 12.0. The zero-order valence-corrected chi connectivity index (χ0v) is 19.5. The first-order valence-electron chi connectivity index (χ1n) is 10.9. The van der Waals surface area contributed by atoms with Crippen LogP contribution in [0.2, 0.25) is 0 Å². The van der Waals surface area contributed by atoms with Crippen LogP contribution >= 0.6 is 0 Å². The normalized spacial score (nSPS) is 16.0. The maximum Gasteiger partial charge on any atom is 0.341 e. The van der Waals surface area contributed by atoms with Gasteiger partial charge in [-0.3, -0.25) is 8.86 Å². The highest BCUT2D eigenvalue weighted by atomic mass is 32.2. The van der Waals surface area contributed by atoms with E-state index >= 15 is 0 Å². The topological polar surface area (TPSA) is 87.1 Å². The highest BCUT2D eigenvalue weighted by Gasteiger charge is 2.31. The Balaban J connectivity index is 1.71. The van der Waals surface area contributed by atoms with Crippen LogP contribution in [0.1, 0.15) is 41.1 Å². The van der Waals surface area contributed by atoms with E-state index in [0.29, 0.717) is 17.9 Å². The highest BCUT2D eigenvalue weighted by Crippen LogP contribution is 2.42. The van der Waals surface area contributed by atoms with Gasteiger partial charge in [0.2, 0.25) is 0 Å². The van der Waals surface area contributed by atoms with Gasteiger partial charge in [0.05, 0.1) is 11.7 Å². The fraction of sp³-hybridized carbons (Fsp3) is 0.269. The maximum absolute atomic E-state index is 12.5. The van der Waals surface area contributed by atoms with Crippen LogP contribution in [0.3, 0.4) is 0 Å². The molecule has 33 heavy (non-hydrogen) atoms. The Morgan fingerprint density at radius 2 is 1.91 bits per heavy atom. The number of aliphatic carboxylic acids is 1. The molecule has 0 aromatic heterocycles. The second-order valence-corrected chi connectivity index (χ2v) is 9.19. The molecule has 0 bridgehead atoms. The van der Waals surface area contributed by atoms with E-state index in [1.807, 2.05) is 37.3 Å². The van der Waals surface area contributed by atoms with Crippen molar-refractivity contribution < 1.29 is 23.4 Å². The first kappa shape index (κ1) is 23.0. The molecule has 0 heterocycles. The van der Waals surface area contributed by atoms with Gasteiger partial charge in [0.25, 0.3) is 11.3 Å². The van der Waals surface area contributed by atoms with Gasteiger partial charge in [-0.05, 0) is 79.1 Å². The number of rotatable bonds is 7. The van der Waals surface area contributed by atoms with Crippen molar-refractivity contribution in [2.45, 2.75) is 39.2 Å². The summed E-state index contributed by atoms with van der Waals surface area (Å²) in [5, 5.41) is 8.98. The molecule has 7 heteroatoms. The molecular weight excluding hydrogens is 438 g/mol. The zero-order chi connectivity index (χ0) is 23.5. The molecule has 0 saturated heterocycles. The molecule has 3 aromatic carbocycles. The van der Waals surface area contributed by atoms with Crippen LogP contribution in [0.15, 0.2) is 60.7 Å². The first-order chi connectivity index (χ1) is 15.8. The lowest BCUT2D eigenvalue weighted by molar-refractivity contribution is -0.139. The monoisotopic (exact) mass is 465 g/mol. The number of nitrogens with zero attached hydrogens (tertiary/aromatic N) is 1. The summed E-state index contributed by atoms with van der Waals surface area (Å²) in [5.41, 5.74) is 6.85. The number of ether oxygens (including phenoxy) is 1. The van der Waals surface area contributed by atoms with Crippen molar-refractivity contribution in [3.05, 3.63) is 82.9 Å². The van der Waals surface area contributed by atoms with Gasteiger partial charge in [-0.2, -0.15) is 0 Å². The molecule has 0 fully saturated rings. The number of benzene rings is 3. The Morgan fingerprint density at radius 1 is 1.12 bits per heavy atom. The number of aryl methyl sites for hydroxylation is 2. The minimum atomic E-state index is -2.24. The Kier molecular flexibility index (Phi) is 6.81. The molecule has 0 amide bonds. The number of anilines is 1. The van der Waals surface area contributed by atoms with Gasteiger partial charge in [0.1, 0.15) is 5.75 Å². The van der Waals surface area contributed by atoms with E-state index < -0.39 is 23.8 Å². The van der Waals surface area contributed by atoms with Crippen LogP contribution in [-0.2, 0) is 22.5 Å². The number of hydrogen-bond acceptors (Lipinski definition) is 3. The maximum atomic E-state index is 12.5. The molecule has 1 aliphatic rings. The number of carboxylic acids is 1. The van der Waals surface area contributed by atoms with Gasteiger partial charge in [-0.15, -0.1) is 0 Å². The number of fused-ring (bicyclic) bond motifs is 1. The molecule has 1 aliphatic carbocycles. The minimum Gasteiger partial charge on any atom is -0.482 e. The number of hydrogen-bond donors (Lipinski definition) is 2. The lowest BCUT2D eigenvalue weighted by atomic mass is 9.86. The smallest absolute Gasteiger partial charge is 0.341 e. The third kappa shape index (κ3) is 4.94. The molecule has 0 aliphatic heterocycles. The van der Waals surface area contributed by atoms with Crippen LogP contribution < -0.4 is 9.04 Å². The van der Waals surface area contributed by atoms with Crippen molar-refractivity contribution in [1.29, 1.82) is 0 Å². The molecule has 0 saturated carbocycles. The Bertz CT molecular complexity index is 1210. The summed E-state index contributed by atoms with van der Waals surface area (Å²) in [6.07, 6.45) is 2.25. The van der Waals surface area contributed by atoms with E-state index in [0.717, 1.165) is 40.7 Å². The average molecular weight is 466 g/mol. The van der Waals surface area contributed by atoms with Crippen molar-refractivity contribution in [1.82, 2.24) is 0 Å². The predicted octanol–water partition coefficient (Wildman–Crippen LogP) is 5.45. The van der Waals surface area contributed by atoms with Crippen LogP contribution in [0.5, 0.6) is 5.75 Å². The molecule has 2 unspecified atom stereocenters. The summed E-state index contributed by atoms with van der Waals surface area (Å²) in [4.78, 5) is 11.0. The van der Waals surface area contributed by atoms with E-state index in [1.165, 1.54) is 9.87 Å². The van der Waals surface area contributed by atoms with E-state index in [-0.39, 0.29) is 6.04 Å². The van der Waals surface area contributed by atoms with Crippen LogP contribution in [-0.4, -0.2) is 26.4 Å². The van der Waals surface area contributed by atoms with E-state index in [4.69, 9.17) is 9.84 Å². The molecule has 0 spiro atoms. The molecular formula is C26H27NO5S. The molecule has 172 valence electrons. The third-order valence-corrected chi connectivity index (χ3v) is 6.83.